The normalized spacial score (nSPS) is 13.0. The molecule has 0 bridgehead atoms. The molecule has 0 aliphatic rings. The molecular weight excluding hydrogens is 216 g/mol. The highest BCUT2D eigenvalue weighted by atomic mass is 32.1. The fourth-order valence-corrected chi connectivity index (χ4v) is 2.47. The molecule has 0 aromatic carbocycles. The van der Waals surface area contributed by atoms with E-state index in [1.165, 1.54) is 15.3 Å². The van der Waals surface area contributed by atoms with Crippen molar-refractivity contribution in [3.63, 3.8) is 0 Å². The van der Waals surface area contributed by atoms with Crippen LogP contribution < -0.4 is 0 Å². The van der Waals surface area contributed by atoms with Crippen LogP contribution in [0.3, 0.4) is 0 Å². The third-order valence-electron chi connectivity index (χ3n) is 2.52. The summed E-state index contributed by atoms with van der Waals surface area (Å²) in [6.45, 7) is 6.43. The van der Waals surface area contributed by atoms with Crippen LogP contribution in [0.25, 0.3) is 5.57 Å². The maximum atomic E-state index is 5.26. The van der Waals surface area contributed by atoms with Gasteiger partial charge in [-0.2, -0.15) is 0 Å². The van der Waals surface area contributed by atoms with Gasteiger partial charge in [0.25, 0.3) is 0 Å². The van der Waals surface area contributed by atoms with Gasteiger partial charge in [-0.05, 0) is 37.1 Å². The molecule has 0 aliphatic carbocycles. The lowest BCUT2D eigenvalue weighted by Gasteiger charge is -2.02. The van der Waals surface area contributed by atoms with Gasteiger partial charge >= 0.3 is 0 Å². The number of allylic oxidation sites excluding steroid dienone is 4. The van der Waals surface area contributed by atoms with Crippen molar-refractivity contribution in [2.24, 2.45) is 0 Å². The largest absolute Gasteiger partial charge is 0.501 e. The molecule has 0 saturated heterocycles. The summed E-state index contributed by atoms with van der Waals surface area (Å²) in [5.41, 5.74) is 1.38. The van der Waals surface area contributed by atoms with Crippen LogP contribution in [0.1, 0.15) is 36.4 Å². The van der Waals surface area contributed by atoms with Crippen molar-refractivity contribution in [1.82, 2.24) is 0 Å². The molecule has 0 amide bonds. The second kappa shape index (κ2) is 6.54. The third kappa shape index (κ3) is 3.53. The fraction of sp³-hybridized carbons (Fsp3) is 0.429. The maximum Gasteiger partial charge on any atom is 0.0952 e. The van der Waals surface area contributed by atoms with Gasteiger partial charge in [-0.15, -0.1) is 11.3 Å². The SMILES string of the molecule is CC/C(=C\C=C(/CC)c1ccc(C)s1)OC. The molecule has 1 aromatic rings. The van der Waals surface area contributed by atoms with E-state index in [1.807, 2.05) is 11.3 Å². The minimum Gasteiger partial charge on any atom is -0.501 e. The zero-order valence-corrected chi connectivity index (χ0v) is 11.4. The first-order valence-electron chi connectivity index (χ1n) is 5.71. The Balaban J connectivity index is 2.90. The standard InChI is InChI=1S/C14H20OS/c1-5-12(8-9-13(6-2)15-4)14-10-7-11(3)16-14/h7-10H,5-6H2,1-4H3/b12-8+,13-9+. The lowest BCUT2D eigenvalue weighted by Crippen LogP contribution is -1.83. The third-order valence-corrected chi connectivity index (χ3v) is 3.60. The Morgan fingerprint density at radius 2 is 2.00 bits per heavy atom. The number of hydrogen-bond acceptors (Lipinski definition) is 2. The number of hydrogen-bond donors (Lipinski definition) is 0. The average molecular weight is 236 g/mol. The molecule has 1 rings (SSSR count). The summed E-state index contributed by atoms with van der Waals surface area (Å²) in [6, 6.07) is 4.37. The molecule has 0 spiro atoms. The molecule has 88 valence electrons. The lowest BCUT2D eigenvalue weighted by molar-refractivity contribution is 0.281. The monoisotopic (exact) mass is 236 g/mol. The van der Waals surface area contributed by atoms with Crippen molar-refractivity contribution in [3.8, 4) is 0 Å². The summed E-state index contributed by atoms with van der Waals surface area (Å²) < 4.78 is 5.26. The zero-order chi connectivity index (χ0) is 12.0. The first kappa shape index (κ1) is 13.0. The number of rotatable bonds is 5. The van der Waals surface area contributed by atoms with E-state index in [9.17, 15) is 0 Å². The highest BCUT2D eigenvalue weighted by Crippen LogP contribution is 2.26. The van der Waals surface area contributed by atoms with Crippen LogP contribution in [0.5, 0.6) is 0 Å². The number of methoxy groups -OCH3 is 1. The van der Waals surface area contributed by atoms with Crippen molar-refractivity contribution in [2.75, 3.05) is 7.11 Å². The molecule has 0 fully saturated rings. The van der Waals surface area contributed by atoms with E-state index in [2.05, 4.69) is 45.1 Å². The van der Waals surface area contributed by atoms with Crippen molar-refractivity contribution < 1.29 is 4.74 Å². The molecule has 0 unspecified atom stereocenters. The number of thiophene rings is 1. The topological polar surface area (TPSA) is 9.23 Å². The fourth-order valence-electron chi connectivity index (χ4n) is 1.51. The first-order valence-corrected chi connectivity index (χ1v) is 6.53. The summed E-state index contributed by atoms with van der Waals surface area (Å²) in [6.07, 6.45) is 6.24. The van der Waals surface area contributed by atoms with Crippen LogP contribution >= 0.6 is 11.3 Å². The van der Waals surface area contributed by atoms with Crippen molar-refractivity contribution >= 4 is 16.9 Å². The van der Waals surface area contributed by atoms with Crippen LogP contribution in [0, 0.1) is 6.92 Å². The average Bonchev–Trinajstić information content (AvgIpc) is 2.71. The first-order chi connectivity index (χ1) is 7.71. The predicted octanol–water partition coefficient (Wildman–Crippen LogP) is 4.79. The van der Waals surface area contributed by atoms with E-state index >= 15 is 0 Å². The maximum absolute atomic E-state index is 5.26. The van der Waals surface area contributed by atoms with Gasteiger partial charge in [-0.1, -0.05) is 19.9 Å². The number of ether oxygens (including phenoxy) is 1. The van der Waals surface area contributed by atoms with Crippen LogP contribution in [0.4, 0.5) is 0 Å². The molecular formula is C14H20OS. The molecule has 16 heavy (non-hydrogen) atoms. The van der Waals surface area contributed by atoms with Crippen molar-refractivity contribution in [3.05, 3.63) is 39.8 Å². The zero-order valence-electron chi connectivity index (χ0n) is 10.5. The summed E-state index contributed by atoms with van der Waals surface area (Å²) in [5, 5.41) is 0. The molecule has 0 radical (unpaired) electrons. The predicted molar refractivity (Wildman–Crippen MR) is 72.7 cm³/mol. The Labute approximate surface area is 102 Å². The van der Waals surface area contributed by atoms with E-state index in [1.54, 1.807) is 7.11 Å². The molecule has 0 N–H and O–H groups in total. The quantitative estimate of drug-likeness (QED) is 0.527. The summed E-state index contributed by atoms with van der Waals surface area (Å²) in [7, 11) is 1.73. The van der Waals surface area contributed by atoms with E-state index in [-0.39, 0.29) is 0 Å². The Morgan fingerprint density at radius 1 is 1.25 bits per heavy atom. The van der Waals surface area contributed by atoms with Crippen LogP contribution in [0.15, 0.2) is 30.0 Å². The minimum absolute atomic E-state index is 0.938. The highest BCUT2D eigenvalue weighted by molar-refractivity contribution is 7.13. The van der Waals surface area contributed by atoms with Gasteiger partial charge < -0.3 is 4.74 Å². The van der Waals surface area contributed by atoms with Crippen molar-refractivity contribution in [2.45, 2.75) is 33.6 Å². The van der Waals surface area contributed by atoms with Crippen LogP contribution in [-0.4, -0.2) is 7.11 Å². The van der Waals surface area contributed by atoms with E-state index in [4.69, 9.17) is 4.74 Å². The molecule has 1 nitrogen and oxygen atoms in total. The van der Waals surface area contributed by atoms with Gasteiger partial charge in [-0.25, -0.2) is 0 Å². The van der Waals surface area contributed by atoms with Gasteiger partial charge in [-0.3, -0.25) is 0 Å². The summed E-state index contributed by atoms with van der Waals surface area (Å²) >= 11 is 1.85. The summed E-state index contributed by atoms with van der Waals surface area (Å²) in [5.74, 6) is 1.03. The van der Waals surface area contributed by atoms with E-state index in [0.717, 1.165) is 18.6 Å². The van der Waals surface area contributed by atoms with Gasteiger partial charge in [0, 0.05) is 16.2 Å². The Kier molecular flexibility index (Phi) is 5.33. The smallest absolute Gasteiger partial charge is 0.0952 e. The van der Waals surface area contributed by atoms with Gasteiger partial charge in [0.15, 0.2) is 0 Å². The Morgan fingerprint density at radius 3 is 2.44 bits per heavy atom. The molecule has 0 saturated carbocycles. The molecule has 1 heterocycles. The van der Waals surface area contributed by atoms with Gasteiger partial charge in [0.2, 0.25) is 0 Å². The second-order valence-corrected chi connectivity index (χ2v) is 4.93. The summed E-state index contributed by atoms with van der Waals surface area (Å²) in [4.78, 5) is 2.73. The van der Waals surface area contributed by atoms with Gasteiger partial charge in [0.1, 0.15) is 0 Å². The molecule has 2 heteroatoms. The Hall–Kier alpha value is -1.02. The highest BCUT2D eigenvalue weighted by Gasteiger charge is 2.01. The molecule has 0 aliphatic heterocycles. The number of aryl methyl sites for hydroxylation is 1. The van der Waals surface area contributed by atoms with Gasteiger partial charge in [0.05, 0.1) is 12.9 Å². The lowest BCUT2D eigenvalue weighted by atomic mass is 10.1. The second-order valence-electron chi connectivity index (χ2n) is 3.65. The molecule has 0 atom stereocenters. The van der Waals surface area contributed by atoms with Crippen LogP contribution in [-0.2, 0) is 4.74 Å². The van der Waals surface area contributed by atoms with E-state index in [0.29, 0.717) is 0 Å². The van der Waals surface area contributed by atoms with Crippen LogP contribution in [0.2, 0.25) is 0 Å². The molecule has 1 aromatic heterocycles. The Bertz CT molecular complexity index is 379. The minimum atomic E-state index is 0.938. The van der Waals surface area contributed by atoms with E-state index < -0.39 is 0 Å². The van der Waals surface area contributed by atoms with Crippen molar-refractivity contribution in [1.29, 1.82) is 0 Å².